The Kier molecular flexibility index (Phi) is 6.07. The number of para-hydroxylation sites is 2. The first-order valence-electron chi connectivity index (χ1n) is 13.7. The number of pyridine rings is 2. The summed E-state index contributed by atoms with van der Waals surface area (Å²) in [5.74, 6) is 1.14. The van der Waals surface area contributed by atoms with Crippen molar-refractivity contribution in [3.05, 3.63) is 101 Å². The number of nitrogens with one attached hydrogen (secondary N) is 1. The highest BCUT2D eigenvalue weighted by Gasteiger charge is 2.26. The van der Waals surface area contributed by atoms with Crippen molar-refractivity contribution in [1.29, 1.82) is 0 Å². The van der Waals surface area contributed by atoms with E-state index in [-0.39, 0.29) is 17.6 Å². The van der Waals surface area contributed by atoms with Crippen molar-refractivity contribution >= 4 is 33.9 Å². The van der Waals surface area contributed by atoms with Crippen LogP contribution in [-0.2, 0) is 11.2 Å². The van der Waals surface area contributed by atoms with E-state index in [2.05, 4.69) is 15.0 Å². The highest BCUT2D eigenvalue weighted by atomic mass is 16.2. The number of H-pyrrole nitrogens is 1. The van der Waals surface area contributed by atoms with Crippen molar-refractivity contribution in [3.8, 4) is 17.1 Å². The van der Waals surface area contributed by atoms with E-state index in [0.29, 0.717) is 36.8 Å². The van der Waals surface area contributed by atoms with E-state index in [1.54, 1.807) is 12.4 Å². The van der Waals surface area contributed by atoms with Gasteiger partial charge in [-0.25, -0.2) is 19.7 Å². The van der Waals surface area contributed by atoms with E-state index >= 15 is 0 Å². The first-order valence-corrected chi connectivity index (χ1v) is 13.7. The molecule has 1 saturated heterocycles. The SMILES string of the molecule is Nc1ncccc1-c1nc2cccnc2n1-c1ccc(CC(=O)N2CCC(n3c(=O)[nH]c4ccccc43)CC2)cc1. The van der Waals surface area contributed by atoms with Crippen molar-refractivity contribution in [1.82, 2.24) is 34.0 Å². The van der Waals surface area contributed by atoms with E-state index in [9.17, 15) is 9.59 Å². The molecule has 10 heteroatoms. The zero-order valence-electron chi connectivity index (χ0n) is 22.3. The van der Waals surface area contributed by atoms with E-state index < -0.39 is 0 Å². The molecule has 1 amide bonds. The molecule has 7 rings (SSSR count). The maximum Gasteiger partial charge on any atom is 0.326 e. The van der Waals surface area contributed by atoms with Gasteiger partial charge >= 0.3 is 5.69 Å². The van der Waals surface area contributed by atoms with Gasteiger partial charge in [-0.15, -0.1) is 0 Å². The summed E-state index contributed by atoms with van der Waals surface area (Å²) in [7, 11) is 0. The third-order valence-corrected chi connectivity index (χ3v) is 7.85. The molecule has 1 aliphatic rings. The van der Waals surface area contributed by atoms with E-state index in [1.165, 1.54) is 0 Å². The second kappa shape index (κ2) is 10.1. The number of aromatic nitrogens is 6. The summed E-state index contributed by atoms with van der Waals surface area (Å²) < 4.78 is 3.81. The number of hydrogen-bond donors (Lipinski definition) is 2. The number of imidazole rings is 2. The Hall–Kier alpha value is -5.25. The Bertz CT molecular complexity index is 1950. The van der Waals surface area contributed by atoms with Gasteiger partial charge in [0.2, 0.25) is 5.91 Å². The molecule has 0 bridgehead atoms. The lowest BCUT2D eigenvalue weighted by atomic mass is 10.0. The van der Waals surface area contributed by atoms with E-state index in [4.69, 9.17) is 10.7 Å². The van der Waals surface area contributed by atoms with Gasteiger partial charge in [-0.2, -0.15) is 0 Å². The largest absolute Gasteiger partial charge is 0.383 e. The number of nitrogens with zero attached hydrogens (tertiary/aromatic N) is 6. The number of fused-ring (bicyclic) bond motifs is 2. The molecule has 41 heavy (non-hydrogen) atoms. The third-order valence-electron chi connectivity index (χ3n) is 7.85. The molecule has 6 aromatic rings. The molecule has 5 heterocycles. The maximum atomic E-state index is 13.2. The second-order valence-corrected chi connectivity index (χ2v) is 10.3. The van der Waals surface area contributed by atoms with Crippen LogP contribution in [0.15, 0.2) is 90.0 Å². The number of carbonyl (C=O) groups excluding carboxylic acids is 1. The Morgan fingerprint density at radius 3 is 2.49 bits per heavy atom. The molecular weight excluding hydrogens is 516 g/mol. The zero-order chi connectivity index (χ0) is 27.9. The minimum absolute atomic E-state index is 0.0728. The van der Waals surface area contributed by atoms with Gasteiger partial charge in [0, 0.05) is 37.2 Å². The van der Waals surface area contributed by atoms with Gasteiger partial charge in [-0.1, -0.05) is 24.3 Å². The monoisotopic (exact) mass is 544 g/mol. The van der Waals surface area contributed by atoms with Gasteiger partial charge in [-0.3, -0.25) is 13.9 Å². The highest BCUT2D eigenvalue weighted by Crippen LogP contribution is 2.30. The fourth-order valence-corrected chi connectivity index (χ4v) is 5.80. The first-order chi connectivity index (χ1) is 20.1. The van der Waals surface area contributed by atoms with Crippen molar-refractivity contribution in [2.45, 2.75) is 25.3 Å². The Morgan fingerprint density at radius 2 is 1.68 bits per heavy atom. The minimum Gasteiger partial charge on any atom is -0.383 e. The number of likely N-dealkylation sites (tertiary alicyclic amines) is 1. The molecule has 10 nitrogen and oxygen atoms in total. The zero-order valence-corrected chi connectivity index (χ0v) is 22.3. The number of nitrogen functional groups attached to an aromatic ring is 1. The van der Waals surface area contributed by atoms with Crippen molar-refractivity contribution in [3.63, 3.8) is 0 Å². The summed E-state index contributed by atoms with van der Waals surface area (Å²) in [6, 6.07) is 23.2. The van der Waals surface area contributed by atoms with Gasteiger partial charge in [-0.05, 0) is 66.9 Å². The number of benzene rings is 2. The van der Waals surface area contributed by atoms with Crippen LogP contribution < -0.4 is 11.4 Å². The molecule has 0 radical (unpaired) electrons. The van der Waals surface area contributed by atoms with Crippen LogP contribution in [0.1, 0.15) is 24.4 Å². The number of amides is 1. The number of anilines is 1. The van der Waals surface area contributed by atoms with Gasteiger partial charge in [0.15, 0.2) is 11.5 Å². The smallest absolute Gasteiger partial charge is 0.326 e. The lowest BCUT2D eigenvalue weighted by molar-refractivity contribution is -0.131. The normalized spacial score (nSPS) is 14.2. The molecule has 0 unspecified atom stereocenters. The van der Waals surface area contributed by atoms with Crippen molar-refractivity contribution in [2.75, 3.05) is 18.8 Å². The second-order valence-electron chi connectivity index (χ2n) is 10.3. The molecule has 1 fully saturated rings. The lowest BCUT2D eigenvalue weighted by Gasteiger charge is -2.32. The molecule has 0 atom stereocenters. The summed E-state index contributed by atoms with van der Waals surface area (Å²) in [5.41, 5.74) is 11.8. The van der Waals surface area contributed by atoms with Crippen LogP contribution in [0.3, 0.4) is 0 Å². The molecule has 2 aromatic carbocycles. The van der Waals surface area contributed by atoms with Crippen LogP contribution in [0.4, 0.5) is 5.82 Å². The Morgan fingerprint density at radius 1 is 0.927 bits per heavy atom. The number of nitrogens with two attached hydrogens (primary N) is 1. The molecule has 1 aliphatic heterocycles. The molecule has 204 valence electrons. The van der Waals surface area contributed by atoms with Crippen molar-refractivity contribution < 1.29 is 4.79 Å². The van der Waals surface area contributed by atoms with Crippen LogP contribution >= 0.6 is 0 Å². The van der Waals surface area contributed by atoms with Gasteiger partial charge < -0.3 is 15.6 Å². The third kappa shape index (κ3) is 4.43. The summed E-state index contributed by atoms with van der Waals surface area (Å²) >= 11 is 0. The predicted molar refractivity (Wildman–Crippen MR) is 158 cm³/mol. The standard InChI is InChI=1S/C31H28N8O2/c32-28-23(5-3-15-33-28)29-35-25-7-4-16-34-30(25)39(29)21-11-9-20(10-12-21)19-27(40)37-17-13-22(14-18-37)38-26-8-2-1-6-24(26)36-31(38)41/h1-12,15-16,22H,13-14,17-19H2,(H2,32,33)(H,36,41). The lowest BCUT2D eigenvalue weighted by Crippen LogP contribution is -2.41. The maximum absolute atomic E-state index is 13.2. The van der Waals surface area contributed by atoms with Gasteiger partial charge in [0.1, 0.15) is 11.3 Å². The number of piperidine rings is 1. The average molecular weight is 545 g/mol. The highest BCUT2D eigenvalue weighted by molar-refractivity contribution is 5.83. The van der Waals surface area contributed by atoms with Gasteiger partial charge in [0.05, 0.1) is 23.0 Å². The van der Waals surface area contributed by atoms with Crippen LogP contribution in [-0.4, -0.2) is 53.0 Å². The molecule has 0 aliphatic carbocycles. The number of aromatic amines is 1. The molecular formula is C31H28N8O2. The molecule has 0 saturated carbocycles. The summed E-state index contributed by atoms with van der Waals surface area (Å²) in [6.45, 7) is 1.24. The summed E-state index contributed by atoms with van der Waals surface area (Å²) in [6.07, 6.45) is 5.19. The van der Waals surface area contributed by atoms with E-state index in [1.807, 2.05) is 86.8 Å². The van der Waals surface area contributed by atoms with Crippen LogP contribution in [0, 0.1) is 0 Å². The van der Waals surface area contributed by atoms with E-state index in [0.717, 1.165) is 46.2 Å². The van der Waals surface area contributed by atoms with Crippen LogP contribution in [0.25, 0.3) is 39.3 Å². The Balaban J connectivity index is 1.08. The quantitative estimate of drug-likeness (QED) is 0.336. The number of carbonyl (C=O) groups is 1. The fourth-order valence-electron chi connectivity index (χ4n) is 5.80. The number of rotatable bonds is 5. The fraction of sp³-hybridized carbons (Fsp3) is 0.194. The molecule has 0 spiro atoms. The van der Waals surface area contributed by atoms with Crippen LogP contribution in [0.2, 0.25) is 0 Å². The molecule has 4 aromatic heterocycles. The molecule has 3 N–H and O–H groups in total. The topological polar surface area (TPSA) is 128 Å². The number of hydrogen-bond acceptors (Lipinski definition) is 6. The van der Waals surface area contributed by atoms with Crippen molar-refractivity contribution in [2.24, 2.45) is 0 Å². The van der Waals surface area contributed by atoms with Gasteiger partial charge in [0.25, 0.3) is 0 Å². The minimum atomic E-state index is -0.0914. The average Bonchev–Trinajstić information content (AvgIpc) is 3.55. The first kappa shape index (κ1) is 24.8. The summed E-state index contributed by atoms with van der Waals surface area (Å²) in [5, 5.41) is 0. The Labute approximate surface area is 235 Å². The van der Waals surface area contributed by atoms with Crippen LogP contribution in [0.5, 0.6) is 0 Å². The summed E-state index contributed by atoms with van der Waals surface area (Å²) in [4.78, 5) is 44.3. The predicted octanol–water partition coefficient (Wildman–Crippen LogP) is 4.11.